The minimum atomic E-state index is -4.51. The fraction of sp³-hybridized carbons (Fsp3) is 0.533. The molecule has 0 heterocycles. The standard InChI is InChI=1S/C15H22F3N3O/c1-12(2)21(3)20-14(15(16,17)18)19-9-10-22-11-13-7-5-4-6-8-13/h4-8,12H,9-11H2,1-3H3,(H,19,20). The summed E-state index contributed by atoms with van der Waals surface area (Å²) >= 11 is 0. The highest BCUT2D eigenvalue weighted by atomic mass is 19.4. The zero-order valence-corrected chi connectivity index (χ0v) is 13.0. The van der Waals surface area contributed by atoms with Crippen molar-refractivity contribution in [3.63, 3.8) is 0 Å². The van der Waals surface area contributed by atoms with Crippen LogP contribution in [0.3, 0.4) is 0 Å². The highest BCUT2D eigenvalue weighted by molar-refractivity contribution is 5.87. The maximum atomic E-state index is 12.9. The van der Waals surface area contributed by atoms with E-state index in [1.54, 1.807) is 13.8 Å². The Balaban J connectivity index is 2.45. The van der Waals surface area contributed by atoms with Crippen LogP contribution in [0.2, 0.25) is 0 Å². The van der Waals surface area contributed by atoms with Gasteiger partial charge in [0.05, 0.1) is 19.8 Å². The maximum Gasteiger partial charge on any atom is 0.450 e. The van der Waals surface area contributed by atoms with Crippen LogP contribution < -0.4 is 5.43 Å². The summed E-state index contributed by atoms with van der Waals surface area (Å²) in [4.78, 5) is 3.56. The van der Waals surface area contributed by atoms with Crippen molar-refractivity contribution in [2.45, 2.75) is 32.7 Å². The van der Waals surface area contributed by atoms with Crippen molar-refractivity contribution in [3.8, 4) is 0 Å². The molecule has 0 aliphatic carbocycles. The van der Waals surface area contributed by atoms with E-state index in [1.165, 1.54) is 12.1 Å². The largest absolute Gasteiger partial charge is 0.450 e. The zero-order valence-electron chi connectivity index (χ0n) is 13.0. The van der Waals surface area contributed by atoms with Crippen LogP contribution in [0.5, 0.6) is 0 Å². The molecule has 0 amide bonds. The number of nitrogens with one attached hydrogen (secondary N) is 1. The summed E-state index contributed by atoms with van der Waals surface area (Å²) in [5, 5.41) is 1.36. The molecule has 0 saturated carbocycles. The van der Waals surface area contributed by atoms with Gasteiger partial charge in [0.1, 0.15) is 0 Å². The second kappa shape index (κ2) is 8.75. The average Bonchev–Trinajstić information content (AvgIpc) is 2.45. The number of alkyl halides is 3. The normalized spacial score (nSPS) is 13.0. The van der Waals surface area contributed by atoms with Gasteiger partial charge in [-0.25, -0.2) is 5.01 Å². The van der Waals surface area contributed by atoms with E-state index < -0.39 is 12.0 Å². The molecule has 0 unspecified atom stereocenters. The summed E-state index contributed by atoms with van der Waals surface area (Å²) in [7, 11) is 1.54. The van der Waals surface area contributed by atoms with Gasteiger partial charge in [0, 0.05) is 13.1 Å². The van der Waals surface area contributed by atoms with E-state index in [2.05, 4.69) is 10.4 Å². The van der Waals surface area contributed by atoms with E-state index >= 15 is 0 Å². The Labute approximate surface area is 129 Å². The van der Waals surface area contributed by atoms with Gasteiger partial charge in [0.25, 0.3) is 0 Å². The molecule has 0 bridgehead atoms. The first-order valence-electron chi connectivity index (χ1n) is 7.03. The predicted molar refractivity (Wildman–Crippen MR) is 80.5 cm³/mol. The Hall–Kier alpha value is -1.60. The molecule has 1 rings (SSSR count). The number of hydrogen-bond donors (Lipinski definition) is 1. The van der Waals surface area contributed by atoms with Gasteiger partial charge >= 0.3 is 6.18 Å². The van der Waals surface area contributed by atoms with E-state index in [-0.39, 0.29) is 19.2 Å². The maximum absolute atomic E-state index is 12.9. The first kappa shape index (κ1) is 18.4. The molecule has 0 atom stereocenters. The molecular formula is C15H22F3N3O. The smallest absolute Gasteiger partial charge is 0.375 e. The van der Waals surface area contributed by atoms with Crippen molar-refractivity contribution in [2.24, 2.45) is 4.99 Å². The molecule has 1 aromatic carbocycles. The first-order valence-corrected chi connectivity index (χ1v) is 7.03. The third-order valence-electron chi connectivity index (χ3n) is 2.94. The third-order valence-corrected chi connectivity index (χ3v) is 2.94. The quantitative estimate of drug-likeness (QED) is 0.363. The molecule has 0 radical (unpaired) electrons. The number of hydrogen-bond acceptors (Lipinski definition) is 3. The lowest BCUT2D eigenvalue weighted by atomic mass is 10.2. The molecule has 1 N–H and O–H groups in total. The molecule has 4 nitrogen and oxygen atoms in total. The lowest BCUT2D eigenvalue weighted by Gasteiger charge is -2.25. The molecule has 7 heteroatoms. The molecule has 124 valence electrons. The second-order valence-corrected chi connectivity index (χ2v) is 5.08. The number of rotatable bonds is 7. The number of halogens is 3. The summed E-state index contributed by atoms with van der Waals surface area (Å²) < 4.78 is 43.9. The monoisotopic (exact) mass is 317 g/mol. The molecule has 0 aliphatic rings. The van der Waals surface area contributed by atoms with Gasteiger partial charge in [0.15, 0.2) is 0 Å². The van der Waals surface area contributed by atoms with E-state index in [1.807, 2.05) is 30.3 Å². The second-order valence-electron chi connectivity index (χ2n) is 5.08. The minimum absolute atomic E-state index is 0.0549. The molecule has 0 spiro atoms. The van der Waals surface area contributed by atoms with E-state index in [0.29, 0.717) is 6.61 Å². The van der Waals surface area contributed by atoms with Gasteiger partial charge in [-0.05, 0) is 19.4 Å². The third kappa shape index (κ3) is 6.91. The van der Waals surface area contributed by atoms with Crippen LogP contribution in [0.4, 0.5) is 13.2 Å². The van der Waals surface area contributed by atoms with Crippen molar-refractivity contribution in [2.75, 3.05) is 20.2 Å². The van der Waals surface area contributed by atoms with Crippen molar-refractivity contribution < 1.29 is 17.9 Å². The fourth-order valence-corrected chi connectivity index (χ4v) is 1.47. The molecule has 1 aromatic rings. The summed E-state index contributed by atoms with van der Waals surface area (Å²) in [6.07, 6.45) is -4.51. The number of benzene rings is 1. The summed E-state index contributed by atoms with van der Waals surface area (Å²) in [6, 6.07) is 9.35. The van der Waals surface area contributed by atoms with Crippen molar-refractivity contribution in [3.05, 3.63) is 35.9 Å². The number of nitrogens with zero attached hydrogens (tertiary/aromatic N) is 2. The highest BCUT2D eigenvalue weighted by Gasteiger charge is 2.36. The minimum Gasteiger partial charge on any atom is -0.375 e. The Morgan fingerprint density at radius 1 is 1.27 bits per heavy atom. The first-order chi connectivity index (χ1) is 10.3. The summed E-state index contributed by atoms with van der Waals surface area (Å²) in [5.74, 6) is -1.01. The Bertz CT molecular complexity index is 461. The predicted octanol–water partition coefficient (Wildman–Crippen LogP) is 3.01. The SMILES string of the molecule is CC(C)N(C)NC(=NCCOCc1ccccc1)C(F)(F)F. The lowest BCUT2D eigenvalue weighted by molar-refractivity contribution is -0.0660. The van der Waals surface area contributed by atoms with E-state index in [9.17, 15) is 13.2 Å². The Morgan fingerprint density at radius 2 is 1.91 bits per heavy atom. The van der Waals surface area contributed by atoms with Crippen LogP contribution in [-0.2, 0) is 11.3 Å². The number of aliphatic imine (C=N–C) groups is 1. The zero-order chi connectivity index (χ0) is 16.6. The van der Waals surface area contributed by atoms with Crippen molar-refractivity contribution in [1.82, 2.24) is 10.4 Å². The van der Waals surface area contributed by atoms with Gasteiger partial charge in [-0.3, -0.25) is 10.4 Å². The van der Waals surface area contributed by atoms with Gasteiger partial charge in [-0.15, -0.1) is 0 Å². The Kier molecular flexibility index (Phi) is 7.34. The van der Waals surface area contributed by atoms with Crippen molar-refractivity contribution in [1.29, 1.82) is 0 Å². The molecule has 0 aliphatic heterocycles. The number of amidine groups is 1. The van der Waals surface area contributed by atoms with Crippen LogP contribution in [0.15, 0.2) is 35.3 Å². The van der Waals surface area contributed by atoms with Crippen LogP contribution in [0, 0.1) is 0 Å². The van der Waals surface area contributed by atoms with E-state index in [4.69, 9.17) is 4.74 Å². The molecular weight excluding hydrogens is 295 g/mol. The highest BCUT2D eigenvalue weighted by Crippen LogP contribution is 2.16. The number of hydrazine groups is 1. The van der Waals surface area contributed by atoms with Crippen LogP contribution >= 0.6 is 0 Å². The lowest BCUT2D eigenvalue weighted by Crippen LogP contribution is -2.49. The molecule has 22 heavy (non-hydrogen) atoms. The average molecular weight is 317 g/mol. The molecule has 0 fully saturated rings. The topological polar surface area (TPSA) is 36.9 Å². The Morgan fingerprint density at radius 3 is 2.45 bits per heavy atom. The summed E-state index contributed by atoms with van der Waals surface area (Å²) in [5.41, 5.74) is 3.24. The fourth-order valence-electron chi connectivity index (χ4n) is 1.47. The van der Waals surface area contributed by atoms with Gasteiger partial charge < -0.3 is 4.74 Å². The van der Waals surface area contributed by atoms with Crippen LogP contribution in [0.25, 0.3) is 0 Å². The molecule has 0 saturated heterocycles. The van der Waals surface area contributed by atoms with Gasteiger partial charge in [-0.1, -0.05) is 30.3 Å². The van der Waals surface area contributed by atoms with E-state index in [0.717, 1.165) is 5.56 Å². The van der Waals surface area contributed by atoms with Crippen LogP contribution in [-0.4, -0.2) is 43.3 Å². The van der Waals surface area contributed by atoms with Crippen LogP contribution in [0.1, 0.15) is 19.4 Å². The van der Waals surface area contributed by atoms with Gasteiger partial charge in [0.2, 0.25) is 5.84 Å². The molecule has 0 aromatic heterocycles. The summed E-state index contributed by atoms with van der Waals surface area (Å²) in [6.45, 7) is 3.99. The van der Waals surface area contributed by atoms with Crippen molar-refractivity contribution >= 4 is 5.84 Å². The van der Waals surface area contributed by atoms with Gasteiger partial charge in [-0.2, -0.15) is 13.2 Å². The number of ether oxygens (including phenoxy) is 1.